The van der Waals surface area contributed by atoms with Crippen molar-refractivity contribution in [3.63, 3.8) is 0 Å². The molecule has 0 saturated carbocycles. The summed E-state index contributed by atoms with van der Waals surface area (Å²) in [4.78, 5) is 44.2. The molecule has 14 heteroatoms. The van der Waals surface area contributed by atoms with E-state index in [0.29, 0.717) is 37.7 Å². The van der Waals surface area contributed by atoms with E-state index < -0.39 is 41.5 Å². The molecule has 1 unspecified atom stereocenters. The Morgan fingerprint density at radius 2 is 2.05 bits per heavy atom. The average Bonchev–Trinajstić information content (AvgIpc) is 3.43. The number of aryl methyl sites for hydroxylation is 2. The lowest BCUT2D eigenvalue weighted by Crippen LogP contribution is -2.34. The summed E-state index contributed by atoms with van der Waals surface area (Å²) in [6, 6.07) is 6.01. The van der Waals surface area contributed by atoms with Crippen LogP contribution in [0.3, 0.4) is 0 Å². The highest BCUT2D eigenvalue weighted by Gasteiger charge is 2.36. The zero-order valence-electron chi connectivity index (χ0n) is 21.3. The highest BCUT2D eigenvalue weighted by molar-refractivity contribution is 6.18. The fourth-order valence-electron chi connectivity index (χ4n) is 4.58. The van der Waals surface area contributed by atoms with Crippen molar-refractivity contribution >= 4 is 45.9 Å². The topological polar surface area (TPSA) is 132 Å². The molecule has 2 aromatic heterocycles. The van der Waals surface area contributed by atoms with Gasteiger partial charge >= 0.3 is 11.7 Å². The van der Waals surface area contributed by atoms with Gasteiger partial charge in [-0.05, 0) is 24.6 Å². The molecule has 3 heterocycles. The normalized spacial score (nSPS) is 19.1. The summed E-state index contributed by atoms with van der Waals surface area (Å²) < 4.78 is 27.3. The number of fused-ring (bicyclic) bond motifs is 1. The molecule has 1 saturated heterocycles. The second-order valence-electron chi connectivity index (χ2n) is 9.24. The lowest BCUT2D eigenvalue weighted by atomic mass is 10.2. The molecule has 212 valence electrons. The molecule has 0 spiro atoms. The van der Waals surface area contributed by atoms with Gasteiger partial charge in [0.1, 0.15) is 24.8 Å². The van der Waals surface area contributed by atoms with Crippen LogP contribution in [0.1, 0.15) is 31.3 Å². The first kappa shape index (κ1) is 29.1. The van der Waals surface area contributed by atoms with Crippen LogP contribution in [0.15, 0.2) is 34.0 Å². The maximum atomic E-state index is 13.6. The molecule has 0 bridgehead atoms. The van der Waals surface area contributed by atoms with E-state index in [1.54, 1.807) is 0 Å². The van der Waals surface area contributed by atoms with Crippen molar-refractivity contribution in [3.05, 3.63) is 56.9 Å². The van der Waals surface area contributed by atoms with Crippen molar-refractivity contribution in [2.24, 2.45) is 7.05 Å². The first-order chi connectivity index (χ1) is 18.7. The molecule has 11 nitrogen and oxygen atoms in total. The SMILES string of the molecule is Cn1c(CCCC(=O)OC[C@H]2OC(n3cc(F)c(=O)[nH]c3=O)C[C@H]2O)nc2cc(N(CCCl)CCCl)ccc21. The molecule has 1 aliphatic rings. The number of anilines is 1. The number of hydrogen-bond acceptors (Lipinski definition) is 8. The summed E-state index contributed by atoms with van der Waals surface area (Å²) in [7, 11) is 1.92. The van der Waals surface area contributed by atoms with E-state index in [4.69, 9.17) is 37.7 Å². The zero-order chi connectivity index (χ0) is 28.1. The molecule has 0 amide bonds. The molecule has 1 aliphatic heterocycles. The fraction of sp³-hybridized carbons (Fsp3) is 0.520. The maximum absolute atomic E-state index is 13.6. The number of hydrogen-bond donors (Lipinski definition) is 2. The fourth-order valence-corrected chi connectivity index (χ4v) is 4.99. The molecule has 1 fully saturated rings. The van der Waals surface area contributed by atoms with E-state index in [0.717, 1.165) is 33.3 Å². The Kier molecular flexibility index (Phi) is 9.65. The molecule has 0 radical (unpaired) electrons. The van der Waals surface area contributed by atoms with Crippen LogP contribution in [0.4, 0.5) is 10.1 Å². The Bertz CT molecular complexity index is 1420. The number of nitrogens with zero attached hydrogens (tertiary/aromatic N) is 4. The van der Waals surface area contributed by atoms with Crippen molar-refractivity contribution in [1.82, 2.24) is 19.1 Å². The summed E-state index contributed by atoms with van der Waals surface area (Å²) in [6.07, 6.45) is -1.07. The number of benzene rings is 1. The van der Waals surface area contributed by atoms with Crippen LogP contribution in [0.2, 0.25) is 0 Å². The molecule has 4 rings (SSSR count). The molecule has 3 aromatic rings. The number of carbonyl (C=O) groups is 1. The lowest BCUT2D eigenvalue weighted by molar-refractivity contribution is -0.150. The first-order valence-electron chi connectivity index (χ1n) is 12.5. The molecular formula is C25H30Cl2FN5O6. The van der Waals surface area contributed by atoms with Gasteiger partial charge in [0, 0.05) is 56.8 Å². The van der Waals surface area contributed by atoms with Crippen molar-refractivity contribution in [1.29, 1.82) is 0 Å². The van der Waals surface area contributed by atoms with Crippen LogP contribution in [0, 0.1) is 5.82 Å². The average molecular weight is 586 g/mol. The van der Waals surface area contributed by atoms with E-state index >= 15 is 0 Å². The third kappa shape index (κ3) is 6.81. The summed E-state index contributed by atoms with van der Waals surface area (Å²) in [5.74, 6) is 0.177. The Labute approximate surface area is 233 Å². The Hall–Kier alpha value is -2.93. The summed E-state index contributed by atoms with van der Waals surface area (Å²) >= 11 is 11.9. The van der Waals surface area contributed by atoms with Gasteiger partial charge < -0.3 is 24.0 Å². The number of nitrogens with one attached hydrogen (secondary N) is 1. The van der Waals surface area contributed by atoms with Gasteiger partial charge in [-0.2, -0.15) is 4.39 Å². The van der Waals surface area contributed by atoms with Gasteiger partial charge in [0.05, 0.1) is 23.3 Å². The van der Waals surface area contributed by atoms with E-state index in [1.165, 1.54) is 0 Å². The van der Waals surface area contributed by atoms with Crippen molar-refractivity contribution in [3.8, 4) is 0 Å². The Balaban J connectivity index is 1.28. The van der Waals surface area contributed by atoms with Crippen LogP contribution in [0.25, 0.3) is 11.0 Å². The number of esters is 1. The van der Waals surface area contributed by atoms with Crippen LogP contribution in [0.5, 0.6) is 0 Å². The smallest absolute Gasteiger partial charge is 0.330 e. The Morgan fingerprint density at radius 1 is 1.31 bits per heavy atom. The summed E-state index contributed by atoms with van der Waals surface area (Å²) in [6.45, 7) is 1.12. The quantitative estimate of drug-likeness (QED) is 0.244. The summed E-state index contributed by atoms with van der Waals surface area (Å²) in [5, 5.41) is 10.3. The van der Waals surface area contributed by atoms with E-state index in [-0.39, 0.29) is 19.4 Å². The second-order valence-corrected chi connectivity index (χ2v) is 9.99. The van der Waals surface area contributed by atoms with Crippen LogP contribution in [-0.4, -0.2) is 73.8 Å². The molecular weight excluding hydrogens is 556 g/mol. The summed E-state index contributed by atoms with van der Waals surface area (Å²) in [5.41, 5.74) is 0.796. The van der Waals surface area contributed by atoms with Gasteiger partial charge in [-0.15, -0.1) is 23.2 Å². The standard InChI is InChI=1S/C25H30Cl2FN5O6/c1-31-18-6-5-15(32(9-7-26)10-8-27)11-17(18)29-21(31)3-2-4-23(35)38-14-20-19(34)12-22(39-20)33-13-16(28)24(36)30-25(33)37/h5-6,11,13,19-20,22,34H,2-4,7-10,12,14H2,1H3,(H,30,36,37)/t19-,20-,22?/m1/s1. The number of imidazole rings is 1. The Morgan fingerprint density at radius 3 is 2.77 bits per heavy atom. The van der Waals surface area contributed by atoms with Crippen LogP contribution in [-0.2, 0) is 27.7 Å². The third-order valence-electron chi connectivity index (χ3n) is 6.66. The predicted octanol–water partition coefficient (Wildman–Crippen LogP) is 2.06. The number of rotatable bonds is 12. The minimum Gasteiger partial charge on any atom is -0.463 e. The number of H-pyrrole nitrogens is 1. The van der Waals surface area contributed by atoms with Crippen molar-refractivity contribution in [2.75, 3.05) is 36.4 Å². The monoisotopic (exact) mass is 585 g/mol. The van der Waals surface area contributed by atoms with Gasteiger partial charge in [0.15, 0.2) is 0 Å². The van der Waals surface area contributed by atoms with Crippen LogP contribution >= 0.6 is 23.2 Å². The predicted molar refractivity (Wildman–Crippen MR) is 144 cm³/mol. The van der Waals surface area contributed by atoms with Gasteiger partial charge in [-0.1, -0.05) is 0 Å². The molecule has 39 heavy (non-hydrogen) atoms. The van der Waals surface area contributed by atoms with Gasteiger partial charge in [-0.25, -0.2) is 9.78 Å². The van der Waals surface area contributed by atoms with Crippen molar-refractivity contribution < 1.29 is 23.8 Å². The van der Waals surface area contributed by atoms with Gasteiger partial charge in [-0.3, -0.25) is 19.1 Å². The van der Waals surface area contributed by atoms with Crippen molar-refractivity contribution in [2.45, 2.75) is 44.1 Å². The molecule has 3 atom stereocenters. The van der Waals surface area contributed by atoms with Gasteiger partial charge in [0.2, 0.25) is 5.82 Å². The highest BCUT2D eigenvalue weighted by atomic mass is 35.5. The number of aliphatic hydroxyl groups excluding tert-OH is 1. The lowest BCUT2D eigenvalue weighted by Gasteiger charge is -2.22. The minimum absolute atomic E-state index is 0.0302. The number of alkyl halides is 2. The second kappa shape index (κ2) is 12.9. The zero-order valence-corrected chi connectivity index (χ0v) is 22.8. The number of carbonyl (C=O) groups excluding carboxylic acids is 1. The van der Waals surface area contributed by atoms with E-state index in [2.05, 4.69) is 4.90 Å². The number of aromatic nitrogens is 4. The van der Waals surface area contributed by atoms with Gasteiger partial charge in [0.25, 0.3) is 5.56 Å². The largest absolute Gasteiger partial charge is 0.463 e. The first-order valence-corrected chi connectivity index (χ1v) is 13.6. The third-order valence-corrected chi connectivity index (χ3v) is 7.00. The number of halogens is 3. The minimum atomic E-state index is -1.15. The highest BCUT2D eigenvalue weighted by Crippen LogP contribution is 2.28. The van der Waals surface area contributed by atoms with E-state index in [9.17, 15) is 23.9 Å². The number of aliphatic hydroxyl groups is 1. The maximum Gasteiger partial charge on any atom is 0.330 e. The molecule has 2 N–H and O–H groups in total. The van der Waals surface area contributed by atoms with Crippen LogP contribution < -0.4 is 16.1 Å². The molecule has 1 aromatic carbocycles. The number of aromatic amines is 1. The van der Waals surface area contributed by atoms with E-state index in [1.807, 2.05) is 34.8 Å². The molecule has 0 aliphatic carbocycles. The number of ether oxygens (including phenoxy) is 2.